The minimum atomic E-state index is 0.289. The van der Waals surface area contributed by atoms with E-state index in [0.29, 0.717) is 23.8 Å². The molecule has 2 aliphatic heterocycles. The number of benzene rings is 1. The van der Waals surface area contributed by atoms with Crippen molar-refractivity contribution in [1.82, 2.24) is 4.90 Å². The lowest BCUT2D eigenvalue weighted by Gasteiger charge is -2.41. The maximum Gasteiger partial charge on any atom is 0.226 e. The quantitative estimate of drug-likeness (QED) is 0.712. The molecule has 1 saturated carbocycles. The molecule has 5 rings (SSSR count). The van der Waals surface area contributed by atoms with Crippen molar-refractivity contribution in [3.63, 3.8) is 0 Å². The van der Waals surface area contributed by atoms with E-state index in [-0.39, 0.29) is 5.92 Å². The van der Waals surface area contributed by atoms with Crippen molar-refractivity contribution in [2.45, 2.75) is 76.7 Å². The molecular weight excluding hydrogens is 332 g/mol. The summed E-state index contributed by atoms with van der Waals surface area (Å²) < 4.78 is 0. The van der Waals surface area contributed by atoms with Gasteiger partial charge in [-0.05, 0) is 73.6 Å². The number of hydrogen-bond donors (Lipinski definition) is 0. The number of fused-ring (bicyclic) bond motifs is 5. The molecule has 27 heavy (non-hydrogen) atoms. The van der Waals surface area contributed by atoms with E-state index in [0.717, 1.165) is 25.8 Å². The Labute approximate surface area is 164 Å². The van der Waals surface area contributed by atoms with Crippen molar-refractivity contribution in [1.29, 1.82) is 0 Å². The van der Waals surface area contributed by atoms with E-state index in [2.05, 4.69) is 34.9 Å². The summed E-state index contributed by atoms with van der Waals surface area (Å²) in [4.78, 5) is 18.3. The Kier molecular flexibility index (Phi) is 4.65. The predicted octanol–water partition coefficient (Wildman–Crippen LogP) is 5.26. The second-order valence-electron chi connectivity index (χ2n) is 9.43. The highest BCUT2D eigenvalue weighted by atomic mass is 16.2. The monoisotopic (exact) mass is 366 g/mol. The van der Waals surface area contributed by atoms with Crippen LogP contribution in [-0.2, 0) is 4.79 Å². The van der Waals surface area contributed by atoms with Gasteiger partial charge in [0.05, 0.1) is 6.04 Å². The zero-order valence-corrected chi connectivity index (χ0v) is 16.8. The molecule has 0 radical (unpaired) electrons. The topological polar surface area (TPSA) is 23.6 Å². The van der Waals surface area contributed by atoms with Gasteiger partial charge in [0.15, 0.2) is 0 Å². The predicted molar refractivity (Wildman–Crippen MR) is 110 cm³/mol. The van der Waals surface area contributed by atoms with Crippen LogP contribution in [0.3, 0.4) is 0 Å². The fourth-order valence-electron chi connectivity index (χ4n) is 6.41. The summed E-state index contributed by atoms with van der Waals surface area (Å²) in [5.41, 5.74) is 4.39. The highest BCUT2D eigenvalue weighted by Gasteiger charge is 2.47. The van der Waals surface area contributed by atoms with E-state index < -0.39 is 0 Å². The van der Waals surface area contributed by atoms with Crippen LogP contribution in [0.1, 0.15) is 87.8 Å². The number of carbonyl (C=O) groups excluding carboxylic acids is 1. The maximum absolute atomic E-state index is 13.4. The van der Waals surface area contributed by atoms with Crippen LogP contribution in [0.2, 0.25) is 0 Å². The third-order valence-electron chi connectivity index (χ3n) is 7.90. The molecule has 146 valence electrons. The summed E-state index contributed by atoms with van der Waals surface area (Å²) in [6.07, 6.45) is 11.1. The molecule has 1 amide bonds. The lowest BCUT2D eigenvalue weighted by atomic mass is 9.83. The van der Waals surface area contributed by atoms with E-state index in [1.807, 2.05) is 0 Å². The summed E-state index contributed by atoms with van der Waals surface area (Å²) in [5, 5.41) is 0. The lowest BCUT2D eigenvalue weighted by Crippen LogP contribution is -2.44. The molecule has 4 aliphatic rings. The normalized spacial score (nSPS) is 31.1. The van der Waals surface area contributed by atoms with Crippen LogP contribution in [0.5, 0.6) is 0 Å². The fourth-order valence-corrected chi connectivity index (χ4v) is 6.41. The molecule has 3 atom stereocenters. The molecule has 0 N–H and O–H groups in total. The van der Waals surface area contributed by atoms with Crippen molar-refractivity contribution in [3.8, 4) is 0 Å². The van der Waals surface area contributed by atoms with Gasteiger partial charge in [0.2, 0.25) is 5.91 Å². The first kappa shape index (κ1) is 17.6. The first-order valence-corrected chi connectivity index (χ1v) is 11.4. The van der Waals surface area contributed by atoms with Gasteiger partial charge in [0, 0.05) is 31.2 Å². The molecule has 2 unspecified atom stereocenters. The van der Waals surface area contributed by atoms with Crippen LogP contribution in [0.25, 0.3) is 0 Å². The Hall–Kier alpha value is -1.51. The van der Waals surface area contributed by atoms with Gasteiger partial charge in [-0.2, -0.15) is 0 Å². The lowest BCUT2D eigenvalue weighted by molar-refractivity contribution is -0.141. The van der Waals surface area contributed by atoms with Crippen molar-refractivity contribution in [2.24, 2.45) is 11.8 Å². The number of anilines is 1. The zero-order valence-electron chi connectivity index (χ0n) is 16.8. The van der Waals surface area contributed by atoms with Gasteiger partial charge in [-0.25, -0.2) is 0 Å². The van der Waals surface area contributed by atoms with Gasteiger partial charge in [-0.3, -0.25) is 4.79 Å². The first-order chi connectivity index (χ1) is 13.2. The number of rotatable bonds is 2. The molecule has 0 spiro atoms. The summed E-state index contributed by atoms with van der Waals surface area (Å²) in [7, 11) is 0. The number of nitrogens with zero attached hydrogens (tertiary/aromatic N) is 2. The number of amides is 1. The van der Waals surface area contributed by atoms with Crippen molar-refractivity contribution in [3.05, 3.63) is 29.3 Å². The van der Waals surface area contributed by atoms with E-state index >= 15 is 0 Å². The third kappa shape index (κ3) is 2.98. The summed E-state index contributed by atoms with van der Waals surface area (Å²) >= 11 is 0. The Morgan fingerprint density at radius 1 is 0.889 bits per heavy atom. The minimum Gasteiger partial charge on any atom is -0.372 e. The van der Waals surface area contributed by atoms with Crippen LogP contribution in [0.4, 0.5) is 5.69 Å². The third-order valence-corrected chi connectivity index (χ3v) is 7.90. The van der Waals surface area contributed by atoms with E-state index in [1.165, 1.54) is 68.4 Å². The molecule has 2 bridgehead atoms. The van der Waals surface area contributed by atoms with Crippen LogP contribution < -0.4 is 4.90 Å². The highest BCUT2D eigenvalue weighted by molar-refractivity contribution is 5.80. The largest absolute Gasteiger partial charge is 0.372 e. The van der Waals surface area contributed by atoms with Crippen LogP contribution in [-0.4, -0.2) is 30.4 Å². The van der Waals surface area contributed by atoms with E-state index in [9.17, 15) is 4.79 Å². The molecule has 3 nitrogen and oxygen atoms in total. The molecule has 1 aromatic rings. The van der Waals surface area contributed by atoms with Crippen LogP contribution in [0.15, 0.2) is 18.2 Å². The molecule has 3 heteroatoms. The van der Waals surface area contributed by atoms with Crippen LogP contribution in [0, 0.1) is 11.8 Å². The van der Waals surface area contributed by atoms with Crippen molar-refractivity contribution >= 4 is 11.6 Å². The van der Waals surface area contributed by atoms with Gasteiger partial charge in [0.1, 0.15) is 0 Å². The van der Waals surface area contributed by atoms with Crippen molar-refractivity contribution < 1.29 is 4.79 Å². The number of carbonyl (C=O) groups is 1. The summed E-state index contributed by atoms with van der Waals surface area (Å²) in [6.45, 7) is 5.72. The van der Waals surface area contributed by atoms with Gasteiger partial charge >= 0.3 is 0 Å². The Morgan fingerprint density at radius 3 is 2.41 bits per heavy atom. The fraction of sp³-hybridized carbons (Fsp3) is 0.708. The Bertz CT molecular complexity index is 702. The number of hydrogen-bond acceptors (Lipinski definition) is 2. The second kappa shape index (κ2) is 7.14. The Balaban J connectivity index is 1.45. The van der Waals surface area contributed by atoms with Crippen molar-refractivity contribution in [2.75, 3.05) is 24.5 Å². The zero-order chi connectivity index (χ0) is 18.4. The molecule has 2 saturated heterocycles. The van der Waals surface area contributed by atoms with Gasteiger partial charge in [0.25, 0.3) is 0 Å². The second-order valence-corrected chi connectivity index (χ2v) is 9.43. The number of piperidine rings is 2. The average Bonchev–Trinajstić information content (AvgIpc) is 2.89. The standard InChI is InChI=1S/C24H34N2O/c1-17-20-12-15-26(24(27)18-8-4-2-5-9-18)23(17)22-16-19(10-11-21(20)22)25-13-6-3-7-14-25/h10-11,16-18,20,23H,2-9,12-15H2,1H3/t17-,20?,23?/m0/s1. The summed E-state index contributed by atoms with van der Waals surface area (Å²) in [5.74, 6) is 1.96. The molecule has 2 heterocycles. The molecule has 3 fully saturated rings. The van der Waals surface area contributed by atoms with E-state index in [4.69, 9.17) is 0 Å². The molecule has 0 aromatic heterocycles. The molecular formula is C24H34N2O. The van der Waals surface area contributed by atoms with E-state index in [1.54, 1.807) is 0 Å². The summed E-state index contributed by atoms with van der Waals surface area (Å²) in [6, 6.07) is 7.52. The SMILES string of the molecule is C[C@H]1C2CCN(C(=O)C3CCCCC3)C1c1cc(N3CCCCC3)ccc12. The van der Waals surface area contributed by atoms with Gasteiger partial charge in [-0.15, -0.1) is 0 Å². The van der Waals surface area contributed by atoms with Crippen LogP contribution >= 0.6 is 0 Å². The Morgan fingerprint density at radius 2 is 1.63 bits per heavy atom. The number of likely N-dealkylation sites (tertiary alicyclic amines) is 1. The maximum atomic E-state index is 13.4. The highest BCUT2D eigenvalue weighted by Crippen LogP contribution is 2.54. The minimum absolute atomic E-state index is 0.289. The molecule has 2 aliphatic carbocycles. The first-order valence-electron chi connectivity index (χ1n) is 11.4. The van der Waals surface area contributed by atoms with Gasteiger partial charge in [-0.1, -0.05) is 32.3 Å². The van der Waals surface area contributed by atoms with Gasteiger partial charge < -0.3 is 9.80 Å². The smallest absolute Gasteiger partial charge is 0.226 e. The molecule has 1 aromatic carbocycles. The average molecular weight is 367 g/mol.